The lowest BCUT2D eigenvalue weighted by molar-refractivity contribution is -0.122. The van der Waals surface area contributed by atoms with E-state index in [1.165, 1.54) is 0 Å². The van der Waals surface area contributed by atoms with Gasteiger partial charge in [0.1, 0.15) is 12.2 Å². The van der Waals surface area contributed by atoms with Gasteiger partial charge in [-0.3, -0.25) is 9.59 Å². The quantitative estimate of drug-likeness (QED) is 0.182. The highest BCUT2D eigenvalue weighted by Gasteiger charge is 2.40. The lowest BCUT2D eigenvalue weighted by Crippen LogP contribution is -2.46. The number of nitrogens with one attached hydrogen (secondary N) is 1. The van der Waals surface area contributed by atoms with Crippen LogP contribution < -0.4 is 5.32 Å². The first-order chi connectivity index (χ1) is 19.6. The van der Waals surface area contributed by atoms with E-state index < -0.39 is 22.7 Å². The standard InChI is InChI=1S/C16H23BrN2OSi.C16H24BrNO3Si/c1-11(20-21(5,6)16(2,3)4)15-18-10-12-7-8-13(17)9-14(12)19-15;1-11(21-22(5,6)16(2,3)4)15(20)18-14-9-13(17)8-7-12(14)10-19/h7-11H,1-6H3;7-11H,1-6H3,(H,18,20). The van der Waals surface area contributed by atoms with Crippen molar-refractivity contribution < 1.29 is 18.4 Å². The molecule has 2 aromatic carbocycles. The number of benzene rings is 2. The molecular formula is C32H47Br2N3O4Si2. The Morgan fingerprint density at radius 3 is 1.98 bits per heavy atom. The van der Waals surface area contributed by atoms with Crippen LogP contribution >= 0.6 is 31.9 Å². The fraction of sp³-hybridized carbons (Fsp3) is 0.500. The highest BCUT2D eigenvalue weighted by atomic mass is 79.9. The third kappa shape index (κ3) is 10.4. The smallest absolute Gasteiger partial charge is 0.251 e. The maximum absolute atomic E-state index is 12.4. The van der Waals surface area contributed by atoms with Crippen molar-refractivity contribution in [3.63, 3.8) is 0 Å². The van der Waals surface area contributed by atoms with Crippen molar-refractivity contribution in [1.29, 1.82) is 0 Å². The first kappa shape index (κ1) is 37.4. The van der Waals surface area contributed by atoms with Crippen LogP contribution in [0.5, 0.6) is 0 Å². The SMILES string of the molecule is CC(O[Si](C)(C)C(C)(C)C)C(=O)Nc1cc(Br)ccc1C=O.CC(O[Si](C)(C)C(C)(C)C)c1ncc2ccc(Br)cc2n1. The molecule has 0 aliphatic heterocycles. The molecule has 3 rings (SSSR count). The van der Waals surface area contributed by atoms with Crippen molar-refractivity contribution >= 4 is 77.3 Å². The Bertz CT molecular complexity index is 1440. The minimum Gasteiger partial charge on any atom is -0.407 e. The third-order valence-electron chi connectivity index (χ3n) is 8.25. The monoisotopic (exact) mass is 751 g/mol. The van der Waals surface area contributed by atoms with Gasteiger partial charge in [0.05, 0.1) is 11.2 Å². The van der Waals surface area contributed by atoms with Gasteiger partial charge in [0.15, 0.2) is 28.7 Å². The summed E-state index contributed by atoms with van der Waals surface area (Å²) in [5, 5.41) is 4.03. The molecule has 0 fully saturated rings. The summed E-state index contributed by atoms with van der Waals surface area (Å²) in [7, 11) is -3.84. The zero-order valence-electron chi connectivity index (χ0n) is 27.6. The number of carbonyl (C=O) groups is 2. The molecule has 3 aromatic rings. The fourth-order valence-electron chi connectivity index (χ4n) is 3.52. The van der Waals surface area contributed by atoms with Crippen LogP contribution in [0.1, 0.15) is 77.7 Å². The molecule has 0 spiro atoms. The lowest BCUT2D eigenvalue weighted by Gasteiger charge is -2.38. The predicted octanol–water partition coefficient (Wildman–Crippen LogP) is 10.1. The van der Waals surface area contributed by atoms with E-state index in [4.69, 9.17) is 8.85 Å². The Morgan fingerprint density at radius 1 is 0.884 bits per heavy atom. The number of carbonyl (C=O) groups excluding carboxylic acids is 2. The molecule has 1 N–H and O–H groups in total. The van der Waals surface area contributed by atoms with Gasteiger partial charge in [0, 0.05) is 26.1 Å². The van der Waals surface area contributed by atoms with Gasteiger partial charge in [-0.05, 0) is 80.4 Å². The van der Waals surface area contributed by atoms with E-state index in [-0.39, 0.29) is 22.1 Å². The van der Waals surface area contributed by atoms with Gasteiger partial charge in [-0.1, -0.05) is 79.5 Å². The van der Waals surface area contributed by atoms with Gasteiger partial charge in [0.25, 0.3) is 5.91 Å². The van der Waals surface area contributed by atoms with E-state index in [2.05, 4.69) is 115 Å². The summed E-state index contributed by atoms with van der Waals surface area (Å²) in [5.74, 6) is 0.511. The molecule has 0 saturated heterocycles. The van der Waals surface area contributed by atoms with Gasteiger partial charge < -0.3 is 14.2 Å². The zero-order chi connectivity index (χ0) is 33.0. The molecule has 0 saturated carbocycles. The number of rotatable bonds is 8. The Hall–Kier alpha value is -1.77. The Morgan fingerprint density at radius 2 is 1.42 bits per heavy atom. The van der Waals surface area contributed by atoms with Gasteiger partial charge >= 0.3 is 0 Å². The molecule has 43 heavy (non-hydrogen) atoms. The second kappa shape index (κ2) is 14.6. The number of halogens is 2. The van der Waals surface area contributed by atoms with Crippen LogP contribution in [0.3, 0.4) is 0 Å². The van der Waals surface area contributed by atoms with Crippen LogP contribution in [0.25, 0.3) is 10.9 Å². The van der Waals surface area contributed by atoms with E-state index in [0.29, 0.717) is 11.3 Å². The van der Waals surface area contributed by atoms with Gasteiger partial charge in [0.2, 0.25) is 0 Å². The van der Waals surface area contributed by atoms with Gasteiger partial charge in [-0.25, -0.2) is 9.97 Å². The summed E-state index contributed by atoms with van der Waals surface area (Å²) in [6, 6.07) is 11.2. The molecule has 1 amide bonds. The van der Waals surface area contributed by atoms with Crippen molar-refractivity contribution in [2.45, 2.75) is 104 Å². The summed E-state index contributed by atoms with van der Waals surface area (Å²) in [6.07, 6.45) is 1.94. The maximum Gasteiger partial charge on any atom is 0.251 e. The van der Waals surface area contributed by atoms with E-state index >= 15 is 0 Å². The summed E-state index contributed by atoms with van der Waals surface area (Å²) in [4.78, 5) is 32.5. The average molecular weight is 754 g/mol. The fourth-order valence-corrected chi connectivity index (χ4v) is 6.92. The summed E-state index contributed by atoms with van der Waals surface area (Å²) >= 11 is 6.82. The van der Waals surface area contributed by atoms with Crippen LogP contribution in [-0.2, 0) is 13.6 Å². The molecule has 2 atom stereocenters. The molecule has 0 radical (unpaired) electrons. The second-order valence-corrected chi connectivity index (χ2v) is 25.2. The Balaban J connectivity index is 0.000000300. The van der Waals surface area contributed by atoms with Crippen LogP contribution in [0.2, 0.25) is 36.3 Å². The van der Waals surface area contributed by atoms with Crippen molar-refractivity contribution in [3.05, 3.63) is 62.9 Å². The largest absolute Gasteiger partial charge is 0.407 e. The molecule has 1 heterocycles. The molecular weight excluding hydrogens is 706 g/mol. The summed E-state index contributed by atoms with van der Waals surface area (Å²) in [5.41, 5.74) is 1.87. The van der Waals surface area contributed by atoms with Crippen LogP contribution in [0.4, 0.5) is 5.69 Å². The molecule has 1 aromatic heterocycles. The molecule has 2 unspecified atom stereocenters. The van der Waals surface area contributed by atoms with Crippen molar-refractivity contribution in [3.8, 4) is 0 Å². The third-order valence-corrected chi connectivity index (χ3v) is 18.3. The van der Waals surface area contributed by atoms with Crippen LogP contribution in [0, 0.1) is 0 Å². The summed E-state index contributed by atoms with van der Waals surface area (Å²) in [6.45, 7) is 25.6. The van der Waals surface area contributed by atoms with Crippen molar-refractivity contribution in [1.82, 2.24) is 9.97 Å². The Labute approximate surface area is 276 Å². The number of hydrogen-bond acceptors (Lipinski definition) is 6. The minimum atomic E-state index is -2.02. The number of fused-ring (bicyclic) bond motifs is 1. The molecule has 0 aliphatic carbocycles. The summed E-state index contributed by atoms with van der Waals surface area (Å²) < 4.78 is 14.3. The first-order valence-electron chi connectivity index (χ1n) is 14.4. The number of nitrogens with zero attached hydrogens (tertiary/aromatic N) is 2. The molecule has 11 heteroatoms. The highest BCUT2D eigenvalue weighted by molar-refractivity contribution is 9.10. The normalized spacial score (nSPS) is 14.0. The average Bonchev–Trinajstić information content (AvgIpc) is 2.87. The van der Waals surface area contributed by atoms with E-state index in [1.54, 1.807) is 25.1 Å². The van der Waals surface area contributed by atoms with E-state index in [1.807, 2.05) is 31.3 Å². The molecule has 0 aliphatic rings. The molecule has 0 bridgehead atoms. The lowest BCUT2D eigenvalue weighted by atomic mass is 10.2. The number of aromatic nitrogens is 2. The van der Waals surface area contributed by atoms with E-state index in [9.17, 15) is 9.59 Å². The van der Waals surface area contributed by atoms with Crippen LogP contribution in [0.15, 0.2) is 51.5 Å². The maximum atomic E-state index is 12.4. The van der Waals surface area contributed by atoms with Gasteiger partial charge in [-0.2, -0.15) is 0 Å². The van der Waals surface area contributed by atoms with Crippen molar-refractivity contribution in [2.75, 3.05) is 5.32 Å². The minimum absolute atomic E-state index is 0.0330. The topological polar surface area (TPSA) is 90.4 Å². The Kier molecular flexibility index (Phi) is 12.7. The second-order valence-electron chi connectivity index (χ2n) is 13.8. The molecule has 7 nitrogen and oxygen atoms in total. The zero-order valence-corrected chi connectivity index (χ0v) is 32.7. The van der Waals surface area contributed by atoms with Gasteiger partial charge in [-0.15, -0.1) is 0 Å². The first-order valence-corrected chi connectivity index (χ1v) is 21.8. The molecule has 236 valence electrons. The van der Waals surface area contributed by atoms with Crippen LogP contribution in [-0.4, -0.2) is 44.9 Å². The number of amides is 1. The van der Waals surface area contributed by atoms with Crippen molar-refractivity contribution in [2.24, 2.45) is 0 Å². The highest BCUT2D eigenvalue weighted by Crippen LogP contribution is 2.39. The predicted molar refractivity (Wildman–Crippen MR) is 190 cm³/mol. The number of hydrogen-bond donors (Lipinski definition) is 1. The number of anilines is 1. The van der Waals surface area contributed by atoms with E-state index in [0.717, 1.165) is 32.0 Å². The number of aldehydes is 1.